The predicted octanol–water partition coefficient (Wildman–Crippen LogP) is 3.64. The zero-order valence-electron chi connectivity index (χ0n) is 19.2. The number of hydrogen-bond donors (Lipinski definition) is 0. The van der Waals surface area contributed by atoms with Gasteiger partial charge >= 0.3 is 17.8 Å². The van der Waals surface area contributed by atoms with E-state index >= 15 is 0 Å². The summed E-state index contributed by atoms with van der Waals surface area (Å²) >= 11 is 0. The van der Waals surface area contributed by atoms with Crippen LogP contribution in [0.4, 0.5) is 5.88 Å². The molecule has 1 aliphatic rings. The van der Waals surface area contributed by atoms with Crippen molar-refractivity contribution in [1.82, 2.24) is 4.48 Å². The number of hydrogen-bond acceptors (Lipinski definition) is 7. The number of benzene rings is 2. The van der Waals surface area contributed by atoms with Gasteiger partial charge in [-0.15, -0.1) is 0 Å². The minimum absolute atomic E-state index is 0.0209. The molecule has 0 N–H and O–H groups in total. The molecule has 4 rings (SSSR count). The molecule has 1 fully saturated rings. The van der Waals surface area contributed by atoms with E-state index in [1.54, 1.807) is 13.0 Å². The molecule has 8 nitrogen and oxygen atoms in total. The molecular weight excluding hydrogens is 438 g/mol. The maximum atomic E-state index is 13.1. The van der Waals surface area contributed by atoms with Gasteiger partial charge in [-0.1, -0.05) is 42.5 Å². The van der Waals surface area contributed by atoms with Gasteiger partial charge < -0.3 is 18.6 Å². The molecule has 2 heterocycles. The van der Waals surface area contributed by atoms with E-state index in [1.807, 2.05) is 42.5 Å². The molecule has 3 aromatic rings. The molecule has 1 aliphatic heterocycles. The molecule has 0 saturated carbocycles. The van der Waals surface area contributed by atoms with Crippen molar-refractivity contribution in [3.05, 3.63) is 64.8 Å². The maximum absolute atomic E-state index is 13.1. The van der Waals surface area contributed by atoms with Gasteiger partial charge in [-0.2, -0.15) is 0 Å². The smallest absolute Gasteiger partial charge is 0.310 e. The van der Waals surface area contributed by atoms with E-state index in [4.69, 9.17) is 18.6 Å². The Morgan fingerprint density at radius 1 is 0.941 bits per heavy atom. The summed E-state index contributed by atoms with van der Waals surface area (Å²) in [5, 5.41) is 0.489. The maximum Gasteiger partial charge on any atom is 0.310 e. The van der Waals surface area contributed by atoms with Crippen LogP contribution in [0.25, 0.3) is 22.1 Å². The average Bonchev–Trinajstić information content (AvgIpc) is 2.87. The number of morpholine rings is 1. The van der Waals surface area contributed by atoms with Crippen LogP contribution in [0.1, 0.15) is 19.8 Å². The second-order valence-corrected chi connectivity index (χ2v) is 8.15. The largest absolute Gasteiger partial charge is 0.466 e. The van der Waals surface area contributed by atoms with Crippen LogP contribution >= 0.6 is 0 Å². The minimum atomic E-state index is -0.509. The van der Waals surface area contributed by atoms with Crippen molar-refractivity contribution in [2.45, 2.75) is 19.8 Å². The number of rotatable bonds is 8. The molecule has 0 spiro atoms. The Labute approximate surface area is 197 Å². The number of nitrogens with zero attached hydrogens (tertiary/aromatic N) is 1. The summed E-state index contributed by atoms with van der Waals surface area (Å²) in [5.41, 5.74) is 2.09. The highest BCUT2D eigenvalue weighted by molar-refractivity contribution is 5.92. The van der Waals surface area contributed by atoms with Crippen molar-refractivity contribution in [2.75, 3.05) is 39.6 Å². The van der Waals surface area contributed by atoms with Crippen LogP contribution in [0.15, 0.2) is 63.8 Å². The van der Waals surface area contributed by atoms with E-state index in [-0.39, 0.29) is 36.1 Å². The second-order valence-electron chi connectivity index (χ2n) is 8.15. The Kier molecular flexibility index (Phi) is 7.40. The van der Waals surface area contributed by atoms with Crippen molar-refractivity contribution in [1.29, 1.82) is 0 Å². The van der Waals surface area contributed by atoms with Crippen molar-refractivity contribution < 1.29 is 28.2 Å². The molecule has 2 aromatic carbocycles. The average molecular weight is 467 g/mol. The first-order chi connectivity index (χ1) is 16.5. The van der Waals surface area contributed by atoms with E-state index in [9.17, 15) is 14.4 Å². The van der Waals surface area contributed by atoms with Crippen molar-refractivity contribution >= 4 is 28.8 Å². The SMILES string of the molecule is CCOC(=O)CCC(=O)OC[N+]1(c2cc(=O)c3cccc(-c4ccccc4)c3o2)CCOCC1. The fourth-order valence-corrected chi connectivity index (χ4v) is 4.05. The van der Waals surface area contributed by atoms with Crippen LogP contribution in [-0.2, 0) is 23.8 Å². The number of fused-ring (bicyclic) bond motifs is 1. The van der Waals surface area contributed by atoms with E-state index in [0.29, 0.717) is 43.2 Å². The molecule has 0 amide bonds. The predicted molar refractivity (Wildman–Crippen MR) is 127 cm³/mol. The first-order valence-corrected chi connectivity index (χ1v) is 11.4. The van der Waals surface area contributed by atoms with Gasteiger partial charge in [0.25, 0.3) is 0 Å². The summed E-state index contributed by atoms with van der Waals surface area (Å²) < 4.78 is 22.5. The van der Waals surface area contributed by atoms with E-state index in [0.717, 1.165) is 11.1 Å². The highest BCUT2D eigenvalue weighted by Gasteiger charge is 2.38. The molecule has 0 bridgehead atoms. The Hall–Kier alpha value is -3.49. The molecule has 0 aliphatic carbocycles. The molecular formula is C26H28NO7+. The molecule has 1 aromatic heterocycles. The molecule has 0 atom stereocenters. The Morgan fingerprint density at radius 2 is 1.65 bits per heavy atom. The molecule has 8 heteroatoms. The molecule has 178 valence electrons. The van der Waals surface area contributed by atoms with Gasteiger partial charge in [0.1, 0.15) is 13.1 Å². The lowest BCUT2D eigenvalue weighted by molar-refractivity contribution is -0.154. The summed E-state index contributed by atoms with van der Waals surface area (Å²) in [6.07, 6.45) is -0.115. The summed E-state index contributed by atoms with van der Waals surface area (Å²) in [5.74, 6) is -0.531. The standard InChI is InChI=1S/C26H28NO7/c1-2-32-24(29)11-12-25(30)33-18-27(13-15-31-16-14-27)23-17-22(28)21-10-6-9-20(26(21)34-23)19-7-4-3-5-8-19/h3-10,17H,2,11-16,18H2,1H3/q+1. The zero-order chi connectivity index (χ0) is 24.0. The third-order valence-electron chi connectivity index (χ3n) is 5.93. The van der Waals surface area contributed by atoms with Crippen LogP contribution in [0, 0.1) is 0 Å². The van der Waals surface area contributed by atoms with Crippen LogP contribution in [0.5, 0.6) is 0 Å². The van der Waals surface area contributed by atoms with Gasteiger partial charge in [-0.3, -0.25) is 14.4 Å². The lowest BCUT2D eigenvalue weighted by Crippen LogP contribution is -2.58. The van der Waals surface area contributed by atoms with Gasteiger partial charge in [0.05, 0.1) is 44.1 Å². The topological polar surface area (TPSA) is 92.0 Å². The van der Waals surface area contributed by atoms with Gasteiger partial charge in [0.15, 0.2) is 11.0 Å². The number of ether oxygens (including phenoxy) is 3. The summed E-state index contributed by atoms with van der Waals surface area (Å²) in [6, 6.07) is 16.7. The summed E-state index contributed by atoms with van der Waals surface area (Å²) in [6.45, 7) is 3.78. The van der Waals surface area contributed by atoms with Gasteiger partial charge in [-0.25, -0.2) is 4.48 Å². The fraction of sp³-hybridized carbons (Fsp3) is 0.346. The quantitative estimate of drug-likeness (QED) is 0.370. The third-order valence-corrected chi connectivity index (χ3v) is 5.93. The Bertz CT molecular complexity index is 1210. The normalized spacial score (nSPS) is 15.1. The van der Waals surface area contributed by atoms with Crippen LogP contribution in [0.3, 0.4) is 0 Å². The highest BCUT2D eigenvalue weighted by Crippen LogP contribution is 2.32. The lowest BCUT2D eigenvalue weighted by Gasteiger charge is -2.37. The Morgan fingerprint density at radius 3 is 2.35 bits per heavy atom. The molecule has 34 heavy (non-hydrogen) atoms. The number of quaternary nitrogens is 1. The van der Waals surface area contributed by atoms with Crippen molar-refractivity contribution in [3.63, 3.8) is 0 Å². The fourth-order valence-electron chi connectivity index (χ4n) is 4.05. The first-order valence-electron chi connectivity index (χ1n) is 11.4. The zero-order valence-corrected chi connectivity index (χ0v) is 19.2. The van der Waals surface area contributed by atoms with Gasteiger partial charge in [0, 0.05) is 5.56 Å². The Balaban J connectivity index is 1.65. The summed E-state index contributed by atoms with van der Waals surface area (Å²) in [7, 11) is 0. The number of carbonyl (C=O) groups is 2. The monoisotopic (exact) mass is 466 g/mol. The summed E-state index contributed by atoms with van der Waals surface area (Å²) in [4.78, 5) is 37.0. The van der Waals surface area contributed by atoms with E-state index in [2.05, 4.69) is 0 Å². The highest BCUT2D eigenvalue weighted by atomic mass is 16.6. The van der Waals surface area contributed by atoms with Crippen LogP contribution < -0.4 is 9.91 Å². The van der Waals surface area contributed by atoms with Crippen LogP contribution in [0.2, 0.25) is 0 Å². The number of carbonyl (C=O) groups excluding carboxylic acids is 2. The van der Waals surface area contributed by atoms with Crippen molar-refractivity contribution in [2.24, 2.45) is 0 Å². The lowest BCUT2D eigenvalue weighted by atomic mass is 10.0. The first kappa shape index (κ1) is 23.7. The number of para-hydroxylation sites is 1. The molecule has 0 radical (unpaired) electrons. The number of esters is 2. The minimum Gasteiger partial charge on any atom is -0.466 e. The molecule has 0 unspecified atom stereocenters. The van der Waals surface area contributed by atoms with E-state index < -0.39 is 11.9 Å². The van der Waals surface area contributed by atoms with E-state index in [1.165, 1.54) is 6.07 Å². The van der Waals surface area contributed by atoms with Crippen molar-refractivity contribution in [3.8, 4) is 11.1 Å². The van der Waals surface area contributed by atoms with Crippen LogP contribution in [-0.4, -0.2) is 51.6 Å². The third kappa shape index (κ3) is 5.18. The van der Waals surface area contributed by atoms with Gasteiger partial charge in [-0.05, 0) is 18.6 Å². The second kappa shape index (κ2) is 10.6. The molecule has 1 saturated heterocycles. The van der Waals surface area contributed by atoms with Gasteiger partial charge in [0.2, 0.25) is 6.73 Å².